The first-order valence-corrected chi connectivity index (χ1v) is 13.7. The lowest BCUT2D eigenvalue weighted by atomic mass is 10.00. The quantitative estimate of drug-likeness (QED) is 0.351. The van der Waals surface area contributed by atoms with Crippen molar-refractivity contribution in [3.63, 3.8) is 0 Å². The molecular weight excluding hydrogens is 484 g/mol. The van der Waals surface area contributed by atoms with Gasteiger partial charge in [-0.15, -0.1) is 11.3 Å². The Morgan fingerprint density at radius 1 is 1.05 bits per heavy atom. The summed E-state index contributed by atoms with van der Waals surface area (Å²) in [5.74, 6) is 1.59. The molecule has 6 nitrogen and oxygen atoms in total. The largest absolute Gasteiger partial charge is 0.497 e. The van der Waals surface area contributed by atoms with Crippen LogP contribution in [0.4, 0.5) is 0 Å². The zero-order chi connectivity index (χ0) is 26.5. The fraction of sp³-hybridized carbons (Fsp3) is 0.400. The van der Waals surface area contributed by atoms with E-state index in [-0.39, 0.29) is 30.4 Å². The van der Waals surface area contributed by atoms with Gasteiger partial charge in [-0.2, -0.15) is 0 Å². The van der Waals surface area contributed by atoms with Crippen LogP contribution in [0.25, 0.3) is 0 Å². The number of carbonyl (C=O) groups is 2. The Bertz CT molecular complexity index is 1220. The van der Waals surface area contributed by atoms with Crippen LogP contribution in [-0.2, 0) is 11.2 Å². The molecule has 1 aliphatic rings. The summed E-state index contributed by atoms with van der Waals surface area (Å²) in [6, 6.07) is 17.0. The van der Waals surface area contributed by atoms with Crippen molar-refractivity contribution in [3.05, 3.63) is 81.5 Å². The predicted octanol–water partition coefficient (Wildman–Crippen LogP) is 5.94. The lowest BCUT2D eigenvalue weighted by Crippen LogP contribution is -2.49. The molecule has 3 aromatic rings. The Kier molecular flexibility index (Phi) is 8.54. The summed E-state index contributed by atoms with van der Waals surface area (Å²) in [6.07, 6.45) is 0.809. The third-order valence-corrected chi connectivity index (χ3v) is 7.87. The van der Waals surface area contributed by atoms with Gasteiger partial charge < -0.3 is 19.3 Å². The highest BCUT2D eigenvalue weighted by molar-refractivity contribution is 7.10. The van der Waals surface area contributed by atoms with Gasteiger partial charge in [0.25, 0.3) is 5.91 Å². The molecular formula is C30H36N2O4S. The third-order valence-electron chi connectivity index (χ3n) is 6.88. The summed E-state index contributed by atoms with van der Waals surface area (Å²) < 4.78 is 11.5. The molecule has 0 unspecified atom stereocenters. The second-order valence-corrected chi connectivity index (χ2v) is 10.9. The van der Waals surface area contributed by atoms with Gasteiger partial charge in [-0.1, -0.05) is 32.0 Å². The van der Waals surface area contributed by atoms with Gasteiger partial charge in [0.1, 0.15) is 24.7 Å². The maximum atomic E-state index is 13.7. The van der Waals surface area contributed by atoms with E-state index in [1.165, 1.54) is 10.4 Å². The first-order valence-electron chi connectivity index (χ1n) is 12.8. The molecule has 0 fully saturated rings. The van der Waals surface area contributed by atoms with Gasteiger partial charge in [-0.25, -0.2) is 0 Å². The van der Waals surface area contributed by atoms with Crippen LogP contribution in [0.5, 0.6) is 11.5 Å². The second-order valence-electron chi connectivity index (χ2n) is 9.95. The van der Waals surface area contributed by atoms with E-state index in [9.17, 15) is 9.59 Å². The van der Waals surface area contributed by atoms with Crippen LogP contribution in [0, 0.1) is 0 Å². The van der Waals surface area contributed by atoms with Crippen molar-refractivity contribution in [2.75, 3.05) is 26.8 Å². The van der Waals surface area contributed by atoms with Gasteiger partial charge >= 0.3 is 0 Å². The molecule has 0 saturated carbocycles. The summed E-state index contributed by atoms with van der Waals surface area (Å²) in [4.78, 5) is 31.9. The van der Waals surface area contributed by atoms with Gasteiger partial charge in [-0.3, -0.25) is 9.59 Å². The summed E-state index contributed by atoms with van der Waals surface area (Å²) in [5.41, 5.74) is 2.90. The van der Waals surface area contributed by atoms with Crippen molar-refractivity contribution in [2.45, 2.75) is 52.1 Å². The minimum absolute atomic E-state index is 0.00671. The first-order chi connectivity index (χ1) is 17.8. The zero-order valence-electron chi connectivity index (χ0n) is 22.3. The van der Waals surface area contributed by atoms with Crippen LogP contribution in [-0.4, -0.2) is 54.5 Å². The molecule has 0 saturated heterocycles. The molecule has 2 heterocycles. The van der Waals surface area contributed by atoms with Gasteiger partial charge in [0.15, 0.2) is 0 Å². The summed E-state index contributed by atoms with van der Waals surface area (Å²) in [7, 11) is 1.57. The molecule has 7 heteroatoms. The predicted molar refractivity (Wildman–Crippen MR) is 148 cm³/mol. The number of nitrogens with zero attached hydrogens (tertiary/aromatic N) is 2. The number of rotatable bonds is 9. The molecule has 1 aromatic heterocycles. The Morgan fingerprint density at radius 3 is 2.49 bits per heavy atom. The average Bonchev–Trinajstić information content (AvgIpc) is 3.39. The molecule has 37 heavy (non-hydrogen) atoms. The Hall–Kier alpha value is -3.32. The minimum Gasteiger partial charge on any atom is -0.497 e. The molecule has 0 spiro atoms. The number of ether oxygens (including phenoxy) is 2. The van der Waals surface area contributed by atoms with E-state index in [1.807, 2.05) is 30.9 Å². The first kappa shape index (κ1) is 26.7. The fourth-order valence-electron chi connectivity index (χ4n) is 4.65. The Morgan fingerprint density at radius 2 is 1.81 bits per heavy atom. The van der Waals surface area contributed by atoms with Crippen molar-refractivity contribution in [1.29, 1.82) is 0 Å². The smallest absolute Gasteiger partial charge is 0.254 e. The van der Waals surface area contributed by atoms with Crippen molar-refractivity contribution < 1.29 is 19.1 Å². The van der Waals surface area contributed by atoms with Gasteiger partial charge in [0, 0.05) is 23.0 Å². The normalized spacial score (nSPS) is 15.0. The highest BCUT2D eigenvalue weighted by Gasteiger charge is 2.34. The number of amides is 2. The molecule has 0 bridgehead atoms. The molecule has 0 radical (unpaired) electrons. The van der Waals surface area contributed by atoms with Gasteiger partial charge in [0.2, 0.25) is 5.91 Å². The number of hydrogen-bond acceptors (Lipinski definition) is 5. The van der Waals surface area contributed by atoms with Crippen LogP contribution in [0.2, 0.25) is 0 Å². The lowest BCUT2D eigenvalue weighted by molar-refractivity contribution is -0.136. The standard InChI is InChI=1S/C30H36N2O4S/c1-20(2)22-9-11-24(12-10-22)36-19-27-26-14-16-37-28(26)13-15-31(27)29(33)18-32(21(3)4)30(34)23-7-6-8-25(17-23)35-5/h6-12,14,16-17,20-21,27H,13,15,18-19H2,1-5H3/t27-/m0/s1. The number of fused-ring (bicyclic) bond motifs is 1. The second kappa shape index (κ2) is 11.8. The van der Waals surface area contributed by atoms with Crippen LogP contribution in [0.1, 0.15) is 66.0 Å². The number of benzene rings is 2. The SMILES string of the molecule is COc1cccc(C(=O)N(CC(=O)N2CCc3sccc3[C@@H]2COc2ccc(C(C)C)cc2)C(C)C)c1. The summed E-state index contributed by atoms with van der Waals surface area (Å²) in [5, 5.41) is 2.08. The average molecular weight is 521 g/mol. The van der Waals surface area contributed by atoms with Crippen LogP contribution < -0.4 is 9.47 Å². The van der Waals surface area contributed by atoms with E-state index in [4.69, 9.17) is 9.47 Å². The molecule has 2 amide bonds. The van der Waals surface area contributed by atoms with Gasteiger partial charge in [-0.05, 0) is 79.1 Å². The molecule has 0 aliphatic carbocycles. The topological polar surface area (TPSA) is 59.1 Å². The van der Waals surface area contributed by atoms with Crippen molar-refractivity contribution in [3.8, 4) is 11.5 Å². The molecule has 1 atom stereocenters. The van der Waals surface area contributed by atoms with E-state index in [1.54, 1.807) is 47.6 Å². The van der Waals surface area contributed by atoms with E-state index in [0.29, 0.717) is 30.4 Å². The number of carbonyl (C=O) groups excluding carboxylic acids is 2. The van der Waals surface area contributed by atoms with Gasteiger partial charge in [0.05, 0.1) is 13.2 Å². The van der Waals surface area contributed by atoms with Crippen LogP contribution in [0.15, 0.2) is 60.0 Å². The van der Waals surface area contributed by atoms with Crippen molar-refractivity contribution in [2.24, 2.45) is 0 Å². The van der Waals surface area contributed by atoms with E-state index in [2.05, 4.69) is 37.4 Å². The maximum Gasteiger partial charge on any atom is 0.254 e. The summed E-state index contributed by atoms with van der Waals surface area (Å²) >= 11 is 1.72. The monoisotopic (exact) mass is 520 g/mol. The summed E-state index contributed by atoms with van der Waals surface area (Å²) in [6.45, 7) is 9.17. The van der Waals surface area contributed by atoms with E-state index < -0.39 is 0 Å². The number of methoxy groups -OCH3 is 1. The minimum atomic E-state index is -0.201. The lowest BCUT2D eigenvalue weighted by Gasteiger charge is -2.37. The highest BCUT2D eigenvalue weighted by Crippen LogP contribution is 2.34. The number of hydrogen-bond donors (Lipinski definition) is 0. The Balaban J connectivity index is 1.51. The molecule has 2 aromatic carbocycles. The molecule has 1 aliphatic heterocycles. The highest BCUT2D eigenvalue weighted by atomic mass is 32.1. The maximum absolute atomic E-state index is 13.7. The van der Waals surface area contributed by atoms with E-state index in [0.717, 1.165) is 17.7 Å². The van der Waals surface area contributed by atoms with Crippen molar-refractivity contribution >= 4 is 23.2 Å². The zero-order valence-corrected chi connectivity index (χ0v) is 23.1. The van der Waals surface area contributed by atoms with Crippen LogP contribution in [0.3, 0.4) is 0 Å². The fourth-order valence-corrected chi connectivity index (χ4v) is 5.57. The molecule has 0 N–H and O–H groups in total. The van der Waals surface area contributed by atoms with E-state index >= 15 is 0 Å². The molecule has 4 rings (SSSR count). The Labute approximate surface area is 223 Å². The van der Waals surface area contributed by atoms with Crippen LogP contribution >= 0.6 is 11.3 Å². The number of thiophene rings is 1. The molecule has 196 valence electrons. The third kappa shape index (κ3) is 6.16. The van der Waals surface area contributed by atoms with Crippen molar-refractivity contribution in [1.82, 2.24) is 9.80 Å².